The van der Waals surface area contributed by atoms with Crippen molar-refractivity contribution in [3.8, 4) is 5.75 Å². The van der Waals surface area contributed by atoms with Crippen LogP contribution in [0.3, 0.4) is 0 Å². The van der Waals surface area contributed by atoms with Crippen LogP contribution in [-0.2, 0) is 6.54 Å². The number of hydrogen-bond acceptors (Lipinski definition) is 3. The van der Waals surface area contributed by atoms with Gasteiger partial charge in [0.2, 0.25) is 0 Å². The van der Waals surface area contributed by atoms with Crippen LogP contribution >= 0.6 is 12.2 Å². The molecule has 0 aliphatic rings. The topological polar surface area (TPSA) is 38.5 Å². The van der Waals surface area contributed by atoms with Gasteiger partial charge in [0.05, 0.1) is 12.8 Å². The quantitative estimate of drug-likeness (QED) is 0.860. The van der Waals surface area contributed by atoms with Crippen LogP contribution in [0.1, 0.15) is 16.7 Å². The van der Waals surface area contributed by atoms with Gasteiger partial charge in [-0.2, -0.15) is 0 Å². The SMILES string of the molecule is COc1ccc(C(N)=S)c(N(C)Cc2ccc(C)cc2)c1. The van der Waals surface area contributed by atoms with Crippen LogP contribution in [0.4, 0.5) is 5.69 Å². The van der Waals surface area contributed by atoms with Crippen molar-refractivity contribution in [1.29, 1.82) is 0 Å². The fraction of sp³-hybridized carbons (Fsp3) is 0.235. The summed E-state index contributed by atoms with van der Waals surface area (Å²) >= 11 is 5.14. The van der Waals surface area contributed by atoms with Gasteiger partial charge in [0.1, 0.15) is 10.7 Å². The van der Waals surface area contributed by atoms with E-state index in [4.69, 9.17) is 22.7 Å². The smallest absolute Gasteiger partial charge is 0.120 e. The largest absolute Gasteiger partial charge is 0.497 e. The summed E-state index contributed by atoms with van der Waals surface area (Å²) in [5.41, 5.74) is 10.1. The van der Waals surface area contributed by atoms with Crippen LogP contribution in [0.2, 0.25) is 0 Å². The Labute approximate surface area is 131 Å². The predicted octanol–water partition coefficient (Wildman–Crippen LogP) is 3.27. The second-order valence-electron chi connectivity index (χ2n) is 5.09. The molecule has 0 saturated carbocycles. The summed E-state index contributed by atoms with van der Waals surface area (Å²) in [4.78, 5) is 2.52. The normalized spacial score (nSPS) is 10.2. The van der Waals surface area contributed by atoms with Crippen LogP contribution in [-0.4, -0.2) is 19.1 Å². The maximum Gasteiger partial charge on any atom is 0.120 e. The number of benzene rings is 2. The van der Waals surface area contributed by atoms with Gasteiger partial charge < -0.3 is 15.4 Å². The van der Waals surface area contributed by atoms with Crippen LogP contribution < -0.4 is 15.4 Å². The minimum Gasteiger partial charge on any atom is -0.497 e. The van der Waals surface area contributed by atoms with Crippen molar-refractivity contribution < 1.29 is 4.74 Å². The molecule has 2 rings (SSSR count). The van der Waals surface area contributed by atoms with Gasteiger partial charge in [-0.3, -0.25) is 0 Å². The molecule has 110 valence electrons. The first kappa shape index (κ1) is 15.3. The molecule has 0 saturated heterocycles. The first-order valence-electron chi connectivity index (χ1n) is 6.76. The fourth-order valence-electron chi connectivity index (χ4n) is 2.22. The first-order valence-corrected chi connectivity index (χ1v) is 7.16. The molecule has 0 radical (unpaired) electrons. The molecule has 0 aliphatic carbocycles. The molecule has 0 fully saturated rings. The lowest BCUT2D eigenvalue weighted by atomic mass is 10.1. The van der Waals surface area contributed by atoms with Crippen LogP contribution in [0.15, 0.2) is 42.5 Å². The summed E-state index contributed by atoms with van der Waals surface area (Å²) in [6.45, 7) is 2.86. The Bertz CT molecular complexity index is 638. The summed E-state index contributed by atoms with van der Waals surface area (Å²) in [6, 6.07) is 14.2. The highest BCUT2D eigenvalue weighted by atomic mass is 32.1. The Morgan fingerprint density at radius 3 is 2.43 bits per heavy atom. The van der Waals surface area contributed by atoms with Gasteiger partial charge in [-0.15, -0.1) is 0 Å². The summed E-state index contributed by atoms with van der Waals surface area (Å²) in [5.74, 6) is 0.792. The van der Waals surface area contributed by atoms with Gasteiger partial charge in [-0.05, 0) is 24.6 Å². The van der Waals surface area contributed by atoms with Gasteiger partial charge >= 0.3 is 0 Å². The van der Waals surface area contributed by atoms with Crippen molar-refractivity contribution in [3.05, 3.63) is 59.2 Å². The number of ether oxygens (including phenoxy) is 1. The molecule has 4 heteroatoms. The van der Waals surface area contributed by atoms with E-state index in [0.717, 1.165) is 23.5 Å². The summed E-state index contributed by atoms with van der Waals surface area (Å²) in [7, 11) is 3.68. The highest BCUT2D eigenvalue weighted by Crippen LogP contribution is 2.26. The van der Waals surface area contributed by atoms with E-state index in [1.54, 1.807) is 7.11 Å². The van der Waals surface area contributed by atoms with E-state index in [1.807, 2.05) is 25.2 Å². The summed E-state index contributed by atoms with van der Waals surface area (Å²) < 4.78 is 5.29. The molecule has 21 heavy (non-hydrogen) atoms. The second-order valence-corrected chi connectivity index (χ2v) is 5.53. The van der Waals surface area contributed by atoms with Gasteiger partial charge in [-0.1, -0.05) is 42.0 Å². The summed E-state index contributed by atoms with van der Waals surface area (Å²) in [5, 5.41) is 0. The zero-order valence-corrected chi connectivity index (χ0v) is 13.4. The van der Waals surface area contributed by atoms with Crippen molar-refractivity contribution in [3.63, 3.8) is 0 Å². The van der Waals surface area contributed by atoms with E-state index in [0.29, 0.717) is 4.99 Å². The number of hydrogen-bond donors (Lipinski definition) is 1. The molecule has 0 unspecified atom stereocenters. The zero-order valence-electron chi connectivity index (χ0n) is 12.6. The number of anilines is 1. The molecule has 0 aliphatic heterocycles. The fourth-order valence-corrected chi connectivity index (χ4v) is 2.39. The van der Waals surface area contributed by atoms with E-state index in [-0.39, 0.29) is 0 Å². The number of nitrogens with zero attached hydrogens (tertiary/aromatic N) is 1. The lowest BCUT2D eigenvalue weighted by Crippen LogP contribution is -2.21. The molecule has 2 N–H and O–H groups in total. The Morgan fingerprint density at radius 2 is 1.86 bits per heavy atom. The molecule has 0 atom stereocenters. The third kappa shape index (κ3) is 3.73. The monoisotopic (exact) mass is 300 g/mol. The highest BCUT2D eigenvalue weighted by Gasteiger charge is 2.11. The zero-order chi connectivity index (χ0) is 15.4. The molecule has 0 aromatic heterocycles. The Hall–Kier alpha value is -2.07. The Morgan fingerprint density at radius 1 is 1.19 bits per heavy atom. The molecule has 0 amide bonds. The van der Waals surface area contributed by atoms with Gasteiger partial charge in [0.15, 0.2) is 0 Å². The second kappa shape index (κ2) is 6.59. The van der Waals surface area contributed by atoms with Gasteiger partial charge in [0, 0.05) is 25.2 Å². The van der Waals surface area contributed by atoms with E-state index in [2.05, 4.69) is 36.1 Å². The Balaban J connectivity index is 2.30. The number of methoxy groups -OCH3 is 1. The molecular formula is C17H20N2OS. The Kier molecular flexibility index (Phi) is 4.81. The van der Waals surface area contributed by atoms with E-state index in [9.17, 15) is 0 Å². The average Bonchev–Trinajstić information content (AvgIpc) is 2.48. The minimum atomic E-state index is 0.392. The van der Waals surface area contributed by atoms with Crippen LogP contribution in [0.5, 0.6) is 5.75 Å². The lowest BCUT2D eigenvalue weighted by molar-refractivity contribution is 0.415. The molecule has 2 aromatic rings. The highest BCUT2D eigenvalue weighted by molar-refractivity contribution is 7.80. The van der Waals surface area contributed by atoms with E-state index >= 15 is 0 Å². The molecule has 0 spiro atoms. The molecule has 3 nitrogen and oxygen atoms in total. The van der Waals surface area contributed by atoms with Crippen LogP contribution in [0.25, 0.3) is 0 Å². The molecule has 0 bridgehead atoms. The average molecular weight is 300 g/mol. The molecule has 2 aromatic carbocycles. The van der Waals surface area contributed by atoms with Crippen LogP contribution in [0, 0.1) is 6.92 Å². The van der Waals surface area contributed by atoms with Crippen molar-refractivity contribution >= 4 is 22.9 Å². The number of nitrogens with two attached hydrogens (primary N) is 1. The summed E-state index contributed by atoms with van der Waals surface area (Å²) in [6.07, 6.45) is 0. The number of aryl methyl sites for hydroxylation is 1. The van der Waals surface area contributed by atoms with Crippen molar-refractivity contribution in [2.24, 2.45) is 5.73 Å². The van der Waals surface area contributed by atoms with Crippen molar-refractivity contribution in [2.45, 2.75) is 13.5 Å². The standard InChI is InChI=1S/C17H20N2OS/c1-12-4-6-13(7-5-12)11-19(2)16-10-14(20-3)8-9-15(16)17(18)21/h4-10H,11H2,1-3H3,(H2,18,21). The third-order valence-electron chi connectivity index (χ3n) is 3.42. The molecular weight excluding hydrogens is 280 g/mol. The van der Waals surface area contributed by atoms with E-state index in [1.165, 1.54) is 11.1 Å². The maximum atomic E-state index is 5.82. The van der Waals surface area contributed by atoms with Gasteiger partial charge in [-0.25, -0.2) is 0 Å². The minimum absolute atomic E-state index is 0.392. The number of rotatable bonds is 5. The van der Waals surface area contributed by atoms with Crippen molar-refractivity contribution in [2.75, 3.05) is 19.1 Å². The third-order valence-corrected chi connectivity index (χ3v) is 3.64. The maximum absolute atomic E-state index is 5.82. The van der Waals surface area contributed by atoms with Gasteiger partial charge in [0.25, 0.3) is 0 Å². The van der Waals surface area contributed by atoms with E-state index < -0.39 is 0 Å². The lowest BCUT2D eigenvalue weighted by Gasteiger charge is -2.23. The number of thiocarbonyl (C=S) groups is 1. The first-order chi connectivity index (χ1) is 10.0. The van der Waals surface area contributed by atoms with Crippen molar-refractivity contribution in [1.82, 2.24) is 0 Å². The predicted molar refractivity (Wildman–Crippen MR) is 92.2 cm³/mol. The molecule has 0 heterocycles.